The molecule has 1 N–H and O–H groups in total. The number of carbonyl (C=O) groups excluding carboxylic acids is 1. The van der Waals surface area contributed by atoms with E-state index in [2.05, 4.69) is 16.4 Å². The normalized spacial score (nSPS) is 16.7. The van der Waals surface area contributed by atoms with Crippen LogP contribution in [0, 0.1) is 0 Å². The van der Waals surface area contributed by atoms with Crippen molar-refractivity contribution in [2.45, 2.75) is 22.4 Å². The molecule has 3 nitrogen and oxygen atoms in total. The Kier molecular flexibility index (Phi) is 5.23. The number of anilines is 1. The maximum Gasteiger partial charge on any atom is 0.237 e. The summed E-state index contributed by atoms with van der Waals surface area (Å²) in [7, 11) is 0. The van der Waals surface area contributed by atoms with E-state index in [0.717, 1.165) is 34.1 Å². The molecule has 0 fully saturated rings. The molecule has 1 aromatic heterocycles. The number of aryl methyl sites for hydroxylation is 1. The van der Waals surface area contributed by atoms with Gasteiger partial charge in [0, 0.05) is 21.7 Å². The quantitative estimate of drug-likeness (QED) is 0.551. The average Bonchev–Trinajstić information content (AvgIpc) is 3.01. The highest BCUT2D eigenvalue weighted by Gasteiger charge is 2.25. The summed E-state index contributed by atoms with van der Waals surface area (Å²) >= 11 is 15.3. The number of carbonyl (C=O) groups is 1. The zero-order valence-electron chi connectivity index (χ0n) is 13.5. The summed E-state index contributed by atoms with van der Waals surface area (Å²) < 4.78 is 0.858. The Morgan fingerprint density at radius 1 is 1.19 bits per heavy atom. The molecule has 7 heteroatoms. The molecular formula is C19H14Cl2N2OS2. The summed E-state index contributed by atoms with van der Waals surface area (Å²) in [5, 5.41) is 5.99. The van der Waals surface area contributed by atoms with Gasteiger partial charge in [0.1, 0.15) is 0 Å². The third-order valence-electron chi connectivity index (χ3n) is 4.18. The summed E-state index contributed by atoms with van der Waals surface area (Å²) in [4.78, 5) is 17.2. The van der Waals surface area contributed by atoms with Gasteiger partial charge in [0.15, 0.2) is 4.34 Å². The third kappa shape index (κ3) is 3.76. The zero-order valence-corrected chi connectivity index (χ0v) is 16.7. The van der Waals surface area contributed by atoms with Crippen molar-refractivity contribution in [3.63, 3.8) is 0 Å². The highest BCUT2D eigenvalue weighted by Crippen LogP contribution is 2.37. The standard InChI is InChI=1S/C19H14Cl2N2OS2/c20-12-6-7-13(14(21)9-12)16-10-25-19(23-16)26-17-8-5-11-3-1-2-4-15(11)22-18(17)24/h1-4,6-7,9-10,17H,5,8H2,(H,22,24). The summed E-state index contributed by atoms with van der Waals surface area (Å²) in [6, 6.07) is 13.3. The molecule has 26 heavy (non-hydrogen) atoms. The van der Waals surface area contributed by atoms with Crippen LogP contribution < -0.4 is 5.32 Å². The van der Waals surface area contributed by atoms with E-state index in [4.69, 9.17) is 23.2 Å². The van der Waals surface area contributed by atoms with E-state index in [1.54, 1.807) is 12.1 Å². The molecule has 3 aromatic rings. The van der Waals surface area contributed by atoms with Crippen LogP contribution in [0.3, 0.4) is 0 Å². The average molecular weight is 421 g/mol. The second-order valence-electron chi connectivity index (χ2n) is 5.91. The molecule has 0 radical (unpaired) electrons. The van der Waals surface area contributed by atoms with E-state index in [-0.39, 0.29) is 11.2 Å². The number of nitrogens with one attached hydrogen (secondary N) is 1. The zero-order chi connectivity index (χ0) is 18.1. The predicted octanol–water partition coefficient (Wildman–Crippen LogP) is 6.16. The van der Waals surface area contributed by atoms with Gasteiger partial charge in [0.05, 0.1) is 16.0 Å². The van der Waals surface area contributed by atoms with Gasteiger partial charge in [-0.05, 0) is 42.7 Å². The fraction of sp³-hybridized carbons (Fsp3) is 0.158. The lowest BCUT2D eigenvalue weighted by Gasteiger charge is -2.10. The summed E-state index contributed by atoms with van der Waals surface area (Å²) in [6.45, 7) is 0. The number of para-hydroxylation sites is 1. The Bertz CT molecular complexity index is 974. The number of halogens is 2. The van der Waals surface area contributed by atoms with Gasteiger partial charge in [0.25, 0.3) is 0 Å². The molecule has 1 unspecified atom stereocenters. The van der Waals surface area contributed by atoms with Crippen molar-refractivity contribution in [1.82, 2.24) is 4.98 Å². The molecule has 0 saturated heterocycles. The van der Waals surface area contributed by atoms with Gasteiger partial charge >= 0.3 is 0 Å². The molecule has 2 aromatic carbocycles. The first-order valence-electron chi connectivity index (χ1n) is 8.06. The van der Waals surface area contributed by atoms with Crippen LogP contribution in [0.15, 0.2) is 52.2 Å². The fourth-order valence-electron chi connectivity index (χ4n) is 2.86. The molecule has 4 rings (SSSR count). The monoisotopic (exact) mass is 420 g/mol. The lowest BCUT2D eigenvalue weighted by molar-refractivity contribution is -0.115. The topological polar surface area (TPSA) is 42.0 Å². The lowest BCUT2D eigenvalue weighted by atomic mass is 10.1. The lowest BCUT2D eigenvalue weighted by Crippen LogP contribution is -2.23. The Balaban J connectivity index is 1.52. The van der Waals surface area contributed by atoms with Crippen LogP contribution in [0.1, 0.15) is 12.0 Å². The second kappa shape index (κ2) is 7.61. The van der Waals surface area contributed by atoms with Gasteiger partial charge in [-0.25, -0.2) is 4.98 Å². The first kappa shape index (κ1) is 17.9. The van der Waals surface area contributed by atoms with E-state index in [0.29, 0.717) is 10.0 Å². The first-order chi connectivity index (χ1) is 12.6. The number of thioether (sulfide) groups is 1. The van der Waals surface area contributed by atoms with E-state index >= 15 is 0 Å². The van der Waals surface area contributed by atoms with Gasteiger partial charge in [-0.2, -0.15) is 0 Å². The van der Waals surface area contributed by atoms with Crippen LogP contribution in [0.2, 0.25) is 10.0 Å². The number of hydrogen-bond donors (Lipinski definition) is 1. The molecular weight excluding hydrogens is 407 g/mol. The van der Waals surface area contributed by atoms with E-state index in [1.807, 2.05) is 29.6 Å². The molecule has 1 amide bonds. The fourth-order valence-corrected chi connectivity index (χ4v) is 5.42. The van der Waals surface area contributed by atoms with Crippen LogP contribution in [-0.2, 0) is 11.2 Å². The Morgan fingerprint density at radius 3 is 2.88 bits per heavy atom. The Labute approximate surface area is 169 Å². The predicted molar refractivity (Wildman–Crippen MR) is 111 cm³/mol. The molecule has 0 spiro atoms. The Hall–Kier alpha value is -1.53. The molecule has 0 bridgehead atoms. The van der Waals surface area contributed by atoms with Crippen molar-refractivity contribution in [3.05, 3.63) is 63.5 Å². The largest absolute Gasteiger partial charge is 0.325 e. The van der Waals surface area contributed by atoms with Crippen molar-refractivity contribution in [1.29, 1.82) is 0 Å². The molecule has 0 aliphatic carbocycles. The number of benzene rings is 2. The number of fused-ring (bicyclic) bond motifs is 1. The Morgan fingerprint density at radius 2 is 2.04 bits per heavy atom. The van der Waals surface area contributed by atoms with Crippen LogP contribution in [0.4, 0.5) is 5.69 Å². The van der Waals surface area contributed by atoms with Crippen molar-refractivity contribution in [3.8, 4) is 11.3 Å². The van der Waals surface area contributed by atoms with Crippen LogP contribution in [0.5, 0.6) is 0 Å². The highest BCUT2D eigenvalue weighted by atomic mass is 35.5. The van der Waals surface area contributed by atoms with E-state index in [9.17, 15) is 4.79 Å². The third-order valence-corrected chi connectivity index (χ3v) is 6.96. The molecule has 132 valence electrons. The minimum atomic E-state index is -0.165. The molecule has 1 atom stereocenters. The summed E-state index contributed by atoms with van der Waals surface area (Å²) in [5.41, 5.74) is 3.73. The van der Waals surface area contributed by atoms with Crippen LogP contribution >= 0.6 is 46.3 Å². The van der Waals surface area contributed by atoms with Gasteiger partial charge in [-0.3, -0.25) is 4.79 Å². The maximum absolute atomic E-state index is 12.6. The smallest absolute Gasteiger partial charge is 0.237 e. The summed E-state index contributed by atoms with van der Waals surface area (Å²) in [5.74, 6) is 0.0289. The number of rotatable bonds is 3. The van der Waals surface area contributed by atoms with Crippen molar-refractivity contribution in [2.75, 3.05) is 5.32 Å². The molecule has 1 aliphatic heterocycles. The number of hydrogen-bond acceptors (Lipinski definition) is 4. The number of aromatic nitrogens is 1. The van der Waals surface area contributed by atoms with Gasteiger partial charge in [0.2, 0.25) is 5.91 Å². The minimum absolute atomic E-state index is 0.0289. The SMILES string of the molecule is O=C1Nc2ccccc2CCC1Sc1nc(-c2ccc(Cl)cc2Cl)cs1. The van der Waals surface area contributed by atoms with E-state index in [1.165, 1.54) is 28.7 Å². The molecule has 1 aliphatic rings. The number of thiazole rings is 1. The maximum atomic E-state index is 12.6. The van der Waals surface area contributed by atoms with Gasteiger partial charge < -0.3 is 5.32 Å². The van der Waals surface area contributed by atoms with Crippen molar-refractivity contribution in [2.24, 2.45) is 0 Å². The van der Waals surface area contributed by atoms with Gasteiger partial charge in [-0.15, -0.1) is 11.3 Å². The number of amides is 1. The van der Waals surface area contributed by atoms with E-state index < -0.39 is 0 Å². The summed E-state index contributed by atoms with van der Waals surface area (Å²) in [6.07, 6.45) is 1.65. The first-order valence-corrected chi connectivity index (χ1v) is 10.6. The minimum Gasteiger partial charge on any atom is -0.325 e. The highest BCUT2D eigenvalue weighted by molar-refractivity contribution is 8.02. The molecule has 2 heterocycles. The van der Waals surface area contributed by atoms with Crippen molar-refractivity contribution >= 4 is 57.9 Å². The second-order valence-corrected chi connectivity index (χ2v) is 9.07. The van der Waals surface area contributed by atoms with Gasteiger partial charge in [-0.1, -0.05) is 53.2 Å². The van der Waals surface area contributed by atoms with Crippen LogP contribution in [-0.4, -0.2) is 16.1 Å². The van der Waals surface area contributed by atoms with Crippen LogP contribution in [0.25, 0.3) is 11.3 Å². The molecule has 0 saturated carbocycles. The van der Waals surface area contributed by atoms with Crippen molar-refractivity contribution < 1.29 is 4.79 Å². The number of nitrogens with zero attached hydrogens (tertiary/aromatic N) is 1.